The van der Waals surface area contributed by atoms with Crippen LogP contribution in [0.25, 0.3) is 0 Å². The molecule has 2 unspecified atom stereocenters. The molecule has 0 spiro atoms. The number of rotatable bonds is 6. The number of aliphatic hydroxyl groups excluding tert-OH is 1. The molecule has 3 aliphatic rings. The van der Waals surface area contributed by atoms with Crippen molar-refractivity contribution in [2.75, 3.05) is 11.5 Å². The van der Waals surface area contributed by atoms with Crippen LogP contribution in [0.15, 0.2) is 60.3 Å². The Morgan fingerprint density at radius 2 is 2.00 bits per heavy atom. The fraction of sp³-hybridized carbons (Fsp3) is 0.630. The third kappa shape index (κ3) is 6.01. The zero-order valence-electron chi connectivity index (χ0n) is 19.0. The van der Waals surface area contributed by atoms with Crippen LogP contribution in [0, 0.1) is 17.3 Å². The van der Waals surface area contributed by atoms with Gasteiger partial charge in [0.1, 0.15) is 0 Å². The van der Waals surface area contributed by atoms with Gasteiger partial charge >= 0.3 is 0 Å². The van der Waals surface area contributed by atoms with E-state index in [4.69, 9.17) is 0 Å². The third-order valence-corrected chi connectivity index (χ3v) is 8.09. The second kappa shape index (κ2) is 11.4. The summed E-state index contributed by atoms with van der Waals surface area (Å²) in [5.74, 6) is 4.00. The van der Waals surface area contributed by atoms with Crippen LogP contribution < -0.4 is 0 Å². The van der Waals surface area contributed by atoms with E-state index in [1.54, 1.807) is 11.1 Å². The minimum absolute atomic E-state index is 0.331. The van der Waals surface area contributed by atoms with Crippen LogP contribution in [0.5, 0.6) is 0 Å². The number of allylic oxidation sites excluding steroid dienone is 4. The summed E-state index contributed by atoms with van der Waals surface area (Å²) >= 11 is 2.13. The van der Waals surface area contributed by atoms with Gasteiger partial charge in [0.05, 0.1) is 6.10 Å². The van der Waals surface area contributed by atoms with Crippen LogP contribution in [0.1, 0.15) is 72.1 Å². The average Bonchev–Trinajstić information content (AvgIpc) is 3.04. The zero-order valence-corrected chi connectivity index (χ0v) is 19.8. The van der Waals surface area contributed by atoms with Crippen molar-refractivity contribution >= 4 is 11.8 Å². The molecule has 0 aromatic rings. The molecule has 2 saturated carbocycles. The van der Waals surface area contributed by atoms with Gasteiger partial charge in [0.15, 0.2) is 0 Å². The summed E-state index contributed by atoms with van der Waals surface area (Å²) in [7, 11) is 0. The van der Waals surface area contributed by atoms with Gasteiger partial charge in [0.2, 0.25) is 0 Å². The van der Waals surface area contributed by atoms with Crippen molar-refractivity contribution in [2.45, 2.75) is 78.2 Å². The summed E-state index contributed by atoms with van der Waals surface area (Å²) in [5.41, 5.74) is 5.92. The van der Waals surface area contributed by atoms with Crippen molar-refractivity contribution in [3.63, 3.8) is 0 Å². The Morgan fingerprint density at radius 1 is 1.24 bits per heavy atom. The molecule has 3 aliphatic carbocycles. The second-order valence-corrected chi connectivity index (χ2v) is 10.5. The summed E-state index contributed by atoms with van der Waals surface area (Å²) in [4.78, 5) is 0. The summed E-state index contributed by atoms with van der Waals surface area (Å²) in [6.45, 7) is 17.3. The standard InChI is InChI=1S/C25H38OS.C2H4/c1-18(2)14-16-27-17-22-12-13-23-21(8-6-15-25(22,23)4)11-10-20-7-5-9-24(26)19(20)3;1-2/h10-12,18,23-24,26H,3,5-9,13-17H2,1-2,4H3;1-2H2/b20-10-,21-11+;/t23?,24-,25?;/m0./s1. The van der Waals surface area contributed by atoms with E-state index in [-0.39, 0.29) is 6.10 Å². The normalized spacial score (nSPS) is 32.2. The molecule has 1 nitrogen and oxygen atoms in total. The SMILES string of the molecule is C=C.C=C1/C(=C\C=C2/CCCC3(C)C(CSCCC(C)C)=CCC23)CCC[C@@H]1O. The molecule has 3 atom stereocenters. The van der Waals surface area contributed by atoms with Crippen LogP contribution in [0.4, 0.5) is 0 Å². The number of thioether (sulfide) groups is 1. The van der Waals surface area contributed by atoms with Crippen LogP contribution in [-0.2, 0) is 0 Å². The van der Waals surface area contributed by atoms with Crippen molar-refractivity contribution in [1.29, 1.82) is 0 Å². The molecule has 0 aromatic carbocycles. The molecule has 0 amide bonds. The van der Waals surface area contributed by atoms with Crippen LogP contribution in [0.2, 0.25) is 0 Å². The first kappa shape index (κ1) is 24.3. The van der Waals surface area contributed by atoms with Crippen molar-refractivity contribution in [3.8, 4) is 0 Å². The molecule has 0 radical (unpaired) electrons. The smallest absolute Gasteiger partial charge is 0.0787 e. The van der Waals surface area contributed by atoms with E-state index in [2.05, 4.69) is 70.5 Å². The highest BCUT2D eigenvalue weighted by Gasteiger charge is 2.44. The van der Waals surface area contributed by atoms with Gasteiger partial charge < -0.3 is 5.11 Å². The molecule has 2 fully saturated rings. The molecular weight excluding hydrogens is 372 g/mol. The minimum Gasteiger partial charge on any atom is -0.388 e. The van der Waals surface area contributed by atoms with Gasteiger partial charge in [-0.1, -0.05) is 56.7 Å². The van der Waals surface area contributed by atoms with E-state index in [9.17, 15) is 5.11 Å². The first-order valence-electron chi connectivity index (χ1n) is 11.5. The Kier molecular flexibility index (Phi) is 9.56. The molecular formula is C27H42OS. The van der Waals surface area contributed by atoms with Crippen molar-refractivity contribution < 1.29 is 5.11 Å². The van der Waals surface area contributed by atoms with Crippen molar-refractivity contribution in [2.24, 2.45) is 17.3 Å². The highest BCUT2D eigenvalue weighted by atomic mass is 32.2. The molecule has 2 heteroatoms. The lowest BCUT2D eigenvalue weighted by molar-refractivity contribution is 0.191. The molecule has 162 valence electrons. The van der Waals surface area contributed by atoms with Crippen molar-refractivity contribution in [3.05, 3.63) is 60.3 Å². The maximum absolute atomic E-state index is 10.1. The highest BCUT2D eigenvalue weighted by Crippen LogP contribution is 2.55. The Hall–Kier alpha value is -0.990. The van der Waals surface area contributed by atoms with Crippen molar-refractivity contribution in [1.82, 2.24) is 0 Å². The molecule has 29 heavy (non-hydrogen) atoms. The van der Waals surface area contributed by atoms with Crippen LogP contribution in [-0.4, -0.2) is 22.7 Å². The molecule has 0 bridgehead atoms. The van der Waals surface area contributed by atoms with Gasteiger partial charge in [0.25, 0.3) is 0 Å². The maximum Gasteiger partial charge on any atom is 0.0787 e. The van der Waals surface area contributed by atoms with E-state index in [1.165, 1.54) is 49.2 Å². The molecule has 1 N–H and O–H groups in total. The molecule has 0 heterocycles. The number of hydrogen-bond acceptors (Lipinski definition) is 2. The Labute approximate surface area is 184 Å². The fourth-order valence-corrected chi connectivity index (χ4v) is 6.51. The number of hydrogen-bond donors (Lipinski definition) is 1. The van der Waals surface area contributed by atoms with Gasteiger partial charge in [-0.2, -0.15) is 11.8 Å². The van der Waals surface area contributed by atoms with E-state index in [1.807, 2.05) is 0 Å². The predicted octanol–water partition coefficient (Wildman–Crippen LogP) is 7.66. The minimum atomic E-state index is -0.331. The zero-order chi connectivity index (χ0) is 21.4. The van der Waals surface area contributed by atoms with E-state index in [0.717, 1.165) is 30.8 Å². The summed E-state index contributed by atoms with van der Waals surface area (Å²) in [5, 5.41) is 10.1. The topological polar surface area (TPSA) is 20.2 Å². The third-order valence-electron chi connectivity index (χ3n) is 7.05. The highest BCUT2D eigenvalue weighted by molar-refractivity contribution is 7.99. The van der Waals surface area contributed by atoms with E-state index in [0.29, 0.717) is 11.3 Å². The summed E-state index contributed by atoms with van der Waals surface area (Å²) < 4.78 is 0. The van der Waals surface area contributed by atoms with Gasteiger partial charge in [-0.3, -0.25) is 0 Å². The van der Waals surface area contributed by atoms with Gasteiger partial charge in [-0.25, -0.2) is 0 Å². The van der Waals surface area contributed by atoms with Gasteiger partial charge in [-0.15, -0.1) is 13.2 Å². The summed E-state index contributed by atoms with van der Waals surface area (Å²) in [6, 6.07) is 0. The monoisotopic (exact) mass is 414 g/mol. The van der Waals surface area contributed by atoms with Crippen LogP contribution >= 0.6 is 11.8 Å². The fourth-order valence-electron chi connectivity index (χ4n) is 5.06. The Balaban J connectivity index is 0.00000145. The largest absolute Gasteiger partial charge is 0.388 e. The Morgan fingerprint density at radius 3 is 2.72 bits per heavy atom. The number of aliphatic hydroxyl groups is 1. The predicted molar refractivity (Wildman–Crippen MR) is 131 cm³/mol. The summed E-state index contributed by atoms with van der Waals surface area (Å²) in [6.07, 6.45) is 16.3. The Bertz CT molecular complexity index is 653. The van der Waals surface area contributed by atoms with Crippen LogP contribution in [0.3, 0.4) is 0 Å². The lowest BCUT2D eigenvalue weighted by Gasteiger charge is -2.41. The second-order valence-electron chi connectivity index (χ2n) is 9.39. The average molecular weight is 415 g/mol. The lowest BCUT2D eigenvalue weighted by Crippen LogP contribution is -2.31. The first-order valence-corrected chi connectivity index (χ1v) is 12.6. The van der Waals surface area contributed by atoms with E-state index < -0.39 is 0 Å². The van der Waals surface area contributed by atoms with Gasteiger partial charge in [-0.05, 0) is 85.5 Å². The molecule has 3 rings (SSSR count). The number of fused-ring (bicyclic) bond motifs is 1. The first-order chi connectivity index (χ1) is 13.9. The lowest BCUT2D eigenvalue weighted by atomic mass is 9.64. The quantitative estimate of drug-likeness (QED) is 0.355. The van der Waals surface area contributed by atoms with Gasteiger partial charge in [0, 0.05) is 5.75 Å². The molecule has 0 saturated heterocycles. The van der Waals surface area contributed by atoms with E-state index >= 15 is 0 Å². The maximum atomic E-state index is 10.1. The molecule has 0 aliphatic heterocycles. The molecule has 0 aromatic heterocycles.